The minimum absolute atomic E-state index is 0.0476. The van der Waals surface area contributed by atoms with Crippen LogP contribution in [0.15, 0.2) is 48.9 Å². The van der Waals surface area contributed by atoms with Crippen molar-refractivity contribution in [3.8, 4) is 11.8 Å². The molecule has 1 fully saturated rings. The van der Waals surface area contributed by atoms with Gasteiger partial charge in [-0.3, -0.25) is 14.8 Å². The standard InChI is InChI=1S/C20H14F3N5O2/c1-30-17-6-18(20(21,22)23)26-10-16(17)27-11-13(7-24)28(19(27)29)15-9-25-8-12-4-2-3-5-14(12)15/h2-6,8-10,13H,11H2,1H3. The monoisotopic (exact) mass is 413 g/mol. The molecule has 0 radical (unpaired) electrons. The van der Waals surface area contributed by atoms with Gasteiger partial charge in [-0.2, -0.15) is 18.4 Å². The molecule has 10 heteroatoms. The fraction of sp³-hybridized carbons (Fsp3) is 0.200. The summed E-state index contributed by atoms with van der Waals surface area (Å²) in [6.45, 7) is -0.0675. The molecule has 3 heterocycles. The zero-order chi connectivity index (χ0) is 21.5. The minimum Gasteiger partial charge on any atom is -0.494 e. The molecule has 0 N–H and O–H groups in total. The zero-order valence-corrected chi connectivity index (χ0v) is 15.6. The molecular weight excluding hydrogens is 399 g/mol. The summed E-state index contributed by atoms with van der Waals surface area (Å²) in [5.41, 5.74) is -0.654. The molecule has 1 unspecified atom stereocenters. The van der Waals surface area contributed by atoms with Crippen molar-refractivity contribution in [2.45, 2.75) is 12.2 Å². The van der Waals surface area contributed by atoms with E-state index < -0.39 is 23.9 Å². The Morgan fingerprint density at radius 2 is 1.97 bits per heavy atom. The Morgan fingerprint density at radius 3 is 2.67 bits per heavy atom. The van der Waals surface area contributed by atoms with Gasteiger partial charge in [0, 0.05) is 23.0 Å². The predicted octanol–water partition coefficient (Wildman–Crippen LogP) is 4.00. The van der Waals surface area contributed by atoms with Gasteiger partial charge in [-0.05, 0) is 0 Å². The third-order valence-electron chi connectivity index (χ3n) is 4.81. The van der Waals surface area contributed by atoms with Crippen LogP contribution in [0.1, 0.15) is 5.69 Å². The summed E-state index contributed by atoms with van der Waals surface area (Å²) in [6.07, 6.45) is -0.604. The number of carbonyl (C=O) groups excluding carboxylic acids is 1. The highest BCUT2D eigenvalue weighted by atomic mass is 19.4. The molecule has 1 saturated heterocycles. The topological polar surface area (TPSA) is 82.3 Å². The molecule has 3 aromatic rings. The lowest BCUT2D eigenvalue weighted by molar-refractivity contribution is -0.141. The highest BCUT2D eigenvalue weighted by Crippen LogP contribution is 2.38. The molecule has 0 spiro atoms. The molecule has 0 saturated carbocycles. The van der Waals surface area contributed by atoms with E-state index in [-0.39, 0.29) is 18.0 Å². The van der Waals surface area contributed by atoms with Crippen molar-refractivity contribution in [1.82, 2.24) is 9.97 Å². The molecule has 2 amide bonds. The van der Waals surface area contributed by atoms with Crippen LogP contribution in [-0.2, 0) is 6.18 Å². The highest BCUT2D eigenvalue weighted by molar-refractivity contribution is 6.12. The van der Waals surface area contributed by atoms with E-state index in [0.29, 0.717) is 5.69 Å². The Labute approximate surface area is 168 Å². The SMILES string of the molecule is COc1cc(C(F)(F)F)ncc1N1CC(C#N)N(c2cncc3ccccc23)C1=O. The first kappa shape index (κ1) is 19.4. The number of alkyl halides is 3. The van der Waals surface area contributed by atoms with Crippen LogP contribution in [0, 0.1) is 11.3 Å². The van der Waals surface area contributed by atoms with Crippen molar-refractivity contribution in [3.05, 3.63) is 54.6 Å². The third-order valence-corrected chi connectivity index (χ3v) is 4.81. The number of anilines is 2. The van der Waals surface area contributed by atoms with Crippen molar-refractivity contribution in [1.29, 1.82) is 5.26 Å². The molecular formula is C20H14F3N5O2. The number of fused-ring (bicyclic) bond motifs is 1. The van der Waals surface area contributed by atoms with Crippen LogP contribution in [0.2, 0.25) is 0 Å². The van der Waals surface area contributed by atoms with Crippen LogP contribution in [0.5, 0.6) is 5.75 Å². The summed E-state index contributed by atoms with van der Waals surface area (Å²) in [5, 5.41) is 11.1. The summed E-state index contributed by atoms with van der Waals surface area (Å²) < 4.78 is 44.0. The van der Waals surface area contributed by atoms with Crippen LogP contribution < -0.4 is 14.5 Å². The number of methoxy groups -OCH3 is 1. The Bertz CT molecular complexity index is 1170. The number of carbonyl (C=O) groups is 1. The number of hydrogen-bond donors (Lipinski definition) is 0. The molecule has 1 aliphatic rings. The van der Waals surface area contributed by atoms with Gasteiger partial charge in [0.25, 0.3) is 0 Å². The fourth-order valence-electron chi connectivity index (χ4n) is 3.41. The Kier molecular flexibility index (Phi) is 4.66. The van der Waals surface area contributed by atoms with E-state index in [1.165, 1.54) is 23.1 Å². The molecule has 30 heavy (non-hydrogen) atoms. The lowest BCUT2D eigenvalue weighted by Crippen LogP contribution is -2.34. The first-order valence-corrected chi connectivity index (χ1v) is 8.79. The molecule has 1 atom stereocenters. The number of rotatable bonds is 3. The van der Waals surface area contributed by atoms with Crippen molar-refractivity contribution >= 4 is 28.2 Å². The smallest absolute Gasteiger partial charge is 0.433 e. The quantitative estimate of drug-likeness (QED) is 0.648. The molecule has 4 rings (SSSR count). The van der Waals surface area contributed by atoms with Gasteiger partial charge < -0.3 is 4.74 Å². The lowest BCUT2D eigenvalue weighted by atomic mass is 10.1. The molecule has 0 bridgehead atoms. The number of hydrogen-bond acceptors (Lipinski definition) is 5. The van der Waals surface area contributed by atoms with Crippen molar-refractivity contribution in [2.24, 2.45) is 0 Å². The maximum Gasteiger partial charge on any atom is 0.433 e. The van der Waals surface area contributed by atoms with E-state index in [0.717, 1.165) is 23.0 Å². The number of nitrogens with zero attached hydrogens (tertiary/aromatic N) is 5. The number of halogens is 3. The summed E-state index contributed by atoms with van der Waals surface area (Å²) in [7, 11) is 1.20. The van der Waals surface area contributed by atoms with Gasteiger partial charge in [0.15, 0.2) is 0 Å². The molecule has 1 aromatic carbocycles. The van der Waals surface area contributed by atoms with Crippen molar-refractivity contribution in [2.75, 3.05) is 23.5 Å². The van der Waals surface area contributed by atoms with Gasteiger partial charge >= 0.3 is 12.2 Å². The first-order chi connectivity index (χ1) is 14.3. The predicted molar refractivity (Wildman–Crippen MR) is 102 cm³/mol. The number of urea groups is 1. The highest BCUT2D eigenvalue weighted by Gasteiger charge is 2.42. The molecule has 7 nitrogen and oxygen atoms in total. The second-order valence-electron chi connectivity index (χ2n) is 6.53. The lowest BCUT2D eigenvalue weighted by Gasteiger charge is -2.22. The minimum atomic E-state index is -4.66. The Morgan fingerprint density at radius 1 is 1.20 bits per heavy atom. The van der Waals surface area contributed by atoms with Crippen LogP contribution in [0.3, 0.4) is 0 Å². The molecule has 1 aliphatic heterocycles. The van der Waals surface area contributed by atoms with E-state index in [9.17, 15) is 23.2 Å². The number of ether oxygens (including phenoxy) is 1. The van der Waals surface area contributed by atoms with E-state index >= 15 is 0 Å². The number of nitriles is 1. The molecule has 2 aromatic heterocycles. The van der Waals surface area contributed by atoms with Crippen LogP contribution in [0.25, 0.3) is 10.8 Å². The van der Waals surface area contributed by atoms with Crippen molar-refractivity contribution in [3.63, 3.8) is 0 Å². The summed E-state index contributed by atoms with van der Waals surface area (Å²) in [5.74, 6) is -0.166. The number of amides is 2. The first-order valence-electron chi connectivity index (χ1n) is 8.79. The number of aromatic nitrogens is 2. The zero-order valence-electron chi connectivity index (χ0n) is 15.6. The van der Waals surface area contributed by atoms with Gasteiger partial charge in [0.1, 0.15) is 23.2 Å². The maximum absolute atomic E-state index is 13.2. The second kappa shape index (κ2) is 7.18. The third kappa shape index (κ3) is 3.14. The van der Waals surface area contributed by atoms with Crippen LogP contribution in [-0.4, -0.2) is 35.7 Å². The van der Waals surface area contributed by atoms with Crippen LogP contribution in [0.4, 0.5) is 29.3 Å². The largest absolute Gasteiger partial charge is 0.494 e. The summed E-state index contributed by atoms with van der Waals surface area (Å²) >= 11 is 0. The van der Waals surface area contributed by atoms with E-state index in [1.54, 1.807) is 18.3 Å². The summed E-state index contributed by atoms with van der Waals surface area (Å²) in [6, 6.07) is 8.60. The average molecular weight is 413 g/mol. The van der Waals surface area contributed by atoms with E-state index in [2.05, 4.69) is 16.0 Å². The molecule has 152 valence electrons. The normalized spacial score (nSPS) is 16.8. The maximum atomic E-state index is 13.2. The Hall–Kier alpha value is -3.87. The van der Waals surface area contributed by atoms with Crippen molar-refractivity contribution < 1.29 is 22.7 Å². The second-order valence-corrected chi connectivity index (χ2v) is 6.53. The average Bonchev–Trinajstić information content (AvgIpc) is 3.08. The van der Waals surface area contributed by atoms with E-state index in [1.807, 2.05) is 12.1 Å². The Balaban J connectivity index is 1.78. The number of pyridine rings is 2. The molecule has 0 aliphatic carbocycles. The van der Waals surface area contributed by atoms with Gasteiger partial charge in [-0.25, -0.2) is 9.78 Å². The van der Waals surface area contributed by atoms with Gasteiger partial charge in [0.05, 0.1) is 37.8 Å². The number of benzene rings is 1. The van der Waals surface area contributed by atoms with Gasteiger partial charge in [-0.1, -0.05) is 24.3 Å². The van der Waals surface area contributed by atoms with E-state index in [4.69, 9.17) is 4.74 Å². The van der Waals surface area contributed by atoms with Gasteiger partial charge in [0.2, 0.25) is 0 Å². The van der Waals surface area contributed by atoms with Gasteiger partial charge in [-0.15, -0.1) is 0 Å². The fourth-order valence-corrected chi connectivity index (χ4v) is 3.41. The van der Waals surface area contributed by atoms with Crippen LogP contribution >= 0.6 is 0 Å². The summed E-state index contributed by atoms with van der Waals surface area (Å²) in [4.78, 5) is 23.3.